The molecule has 2 aromatic carbocycles. The third-order valence-electron chi connectivity index (χ3n) is 6.98. The number of hydrogen-bond acceptors (Lipinski definition) is 5. The molecule has 0 aromatic heterocycles. The van der Waals surface area contributed by atoms with Gasteiger partial charge < -0.3 is 9.47 Å². The van der Waals surface area contributed by atoms with Gasteiger partial charge in [0.1, 0.15) is 11.3 Å². The van der Waals surface area contributed by atoms with Gasteiger partial charge in [-0.25, -0.2) is 0 Å². The van der Waals surface area contributed by atoms with Gasteiger partial charge in [0, 0.05) is 12.6 Å². The van der Waals surface area contributed by atoms with Crippen LogP contribution in [0.2, 0.25) is 0 Å². The molecule has 3 atom stereocenters. The van der Waals surface area contributed by atoms with Crippen LogP contribution in [-0.2, 0) is 25.6 Å². The highest BCUT2D eigenvalue weighted by atomic mass is 16.5. The lowest BCUT2D eigenvalue weighted by Crippen LogP contribution is -2.53. The zero-order valence-electron chi connectivity index (χ0n) is 19.3. The third-order valence-corrected chi connectivity index (χ3v) is 6.98. The Kier molecular flexibility index (Phi) is 5.82. The molecule has 3 unspecified atom stereocenters. The fraction of sp³-hybridized carbons (Fsp3) is 0.385. The van der Waals surface area contributed by atoms with Crippen LogP contribution in [0, 0.1) is 18.3 Å². The molecule has 2 aliphatic rings. The standard InChI is InChI=1S/C26H30N2O4/c1-6-21(28(3)15-19-16(2)11-12-17-9-7-8-10-18(17)19)26-14-13-20(31-4)23(32-5)22(26)24(29)27-25(26)30/h7-14,21-22H,6,15H2,1-5H3,(H,27,29,30). The number of imide groups is 1. The van der Waals surface area contributed by atoms with Crippen molar-refractivity contribution >= 4 is 22.6 Å². The number of fused-ring (bicyclic) bond motifs is 2. The first-order valence-corrected chi connectivity index (χ1v) is 10.9. The van der Waals surface area contributed by atoms with Gasteiger partial charge in [-0.05, 0) is 48.4 Å². The lowest BCUT2D eigenvalue weighted by molar-refractivity contribution is -0.130. The quantitative estimate of drug-likeness (QED) is 0.673. The second-order valence-corrected chi connectivity index (χ2v) is 8.58. The predicted molar refractivity (Wildman–Crippen MR) is 123 cm³/mol. The maximum absolute atomic E-state index is 13.3. The molecule has 0 bridgehead atoms. The van der Waals surface area contributed by atoms with Crippen molar-refractivity contribution in [2.24, 2.45) is 11.3 Å². The Morgan fingerprint density at radius 3 is 2.56 bits per heavy atom. The van der Waals surface area contributed by atoms with Crippen LogP contribution in [0.1, 0.15) is 24.5 Å². The molecule has 0 radical (unpaired) electrons. The Balaban J connectivity index is 1.77. The first kappa shape index (κ1) is 22.1. The van der Waals surface area contributed by atoms with Crippen LogP contribution in [-0.4, -0.2) is 44.0 Å². The van der Waals surface area contributed by atoms with E-state index >= 15 is 0 Å². The van der Waals surface area contributed by atoms with E-state index in [-0.39, 0.29) is 17.9 Å². The van der Waals surface area contributed by atoms with E-state index in [2.05, 4.69) is 48.3 Å². The molecule has 1 saturated heterocycles. The van der Waals surface area contributed by atoms with Crippen LogP contribution in [0.15, 0.2) is 60.1 Å². The van der Waals surface area contributed by atoms with Gasteiger partial charge in [0.25, 0.3) is 0 Å². The lowest BCUT2D eigenvalue weighted by atomic mass is 9.66. The van der Waals surface area contributed by atoms with E-state index in [1.165, 1.54) is 36.1 Å². The van der Waals surface area contributed by atoms with Gasteiger partial charge in [-0.3, -0.25) is 19.8 Å². The van der Waals surface area contributed by atoms with Crippen molar-refractivity contribution < 1.29 is 19.1 Å². The van der Waals surface area contributed by atoms with Crippen molar-refractivity contribution in [1.29, 1.82) is 0 Å². The van der Waals surface area contributed by atoms with Gasteiger partial charge in [0.05, 0.1) is 14.2 Å². The number of benzene rings is 2. The van der Waals surface area contributed by atoms with Crippen LogP contribution in [0.3, 0.4) is 0 Å². The molecule has 6 heteroatoms. The molecule has 0 saturated carbocycles. The Morgan fingerprint density at radius 1 is 1.12 bits per heavy atom. The van der Waals surface area contributed by atoms with Crippen molar-refractivity contribution in [2.45, 2.75) is 32.9 Å². The molecule has 1 fully saturated rings. The minimum atomic E-state index is -1.06. The van der Waals surface area contributed by atoms with Gasteiger partial charge in [-0.15, -0.1) is 0 Å². The number of nitrogens with one attached hydrogen (secondary N) is 1. The van der Waals surface area contributed by atoms with Crippen LogP contribution in [0.5, 0.6) is 0 Å². The summed E-state index contributed by atoms with van der Waals surface area (Å²) in [7, 11) is 5.07. The van der Waals surface area contributed by atoms with Crippen LogP contribution < -0.4 is 5.32 Å². The maximum Gasteiger partial charge on any atom is 0.239 e. The Hall–Kier alpha value is -3.12. The molecular formula is C26H30N2O4. The van der Waals surface area contributed by atoms with Gasteiger partial charge in [-0.1, -0.05) is 49.4 Å². The summed E-state index contributed by atoms with van der Waals surface area (Å²) in [6.07, 6.45) is 4.27. The normalized spacial score (nSPS) is 23.5. The van der Waals surface area contributed by atoms with Gasteiger partial charge in [0.15, 0.2) is 11.5 Å². The predicted octanol–water partition coefficient (Wildman–Crippen LogP) is 3.69. The number of methoxy groups -OCH3 is 2. The van der Waals surface area contributed by atoms with Gasteiger partial charge >= 0.3 is 0 Å². The smallest absolute Gasteiger partial charge is 0.239 e. The summed E-state index contributed by atoms with van der Waals surface area (Å²) in [5.74, 6) is -0.534. The summed E-state index contributed by atoms with van der Waals surface area (Å²) in [4.78, 5) is 28.4. The molecule has 1 aliphatic heterocycles. The monoisotopic (exact) mass is 434 g/mol. The molecule has 1 N–H and O–H groups in total. The topological polar surface area (TPSA) is 67.9 Å². The van der Waals surface area contributed by atoms with E-state index in [4.69, 9.17) is 9.47 Å². The number of carbonyl (C=O) groups excluding carboxylic acids is 2. The number of ether oxygens (including phenoxy) is 2. The minimum absolute atomic E-state index is 0.225. The average Bonchev–Trinajstić information content (AvgIpc) is 3.05. The second kappa shape index (κ2) is 8.43. The third kappa shape index (κ3) is 3.21. The number of aryl methyl sites for hydroxylation is 1. The molecule has 2 amide bonds. The van der Waals surface area contributed by atoms with Crippen molar-refractivity contribution in [3.8, 4) is 0 Å². The molecular weight excluding hydrogens is 404 g/mol. The zero-order valence-corrected chi connectivity index (χ0v) is 19.3. The van der Waals surface area contributed by atoms with E-state index in [9.17, 15) is 9.59 Å². The van der Waals surface area contributed by atoms with E-state index < -0.39 is 11.3 Å². The van der Waals surface area contributed by atoms with Gasteiger partial charge in [0.2, 0.25) is 11.8 Å². The molecule has 1 aliphatic carbocycles. The molecule has 168 valence electrons. The highest BCUT2D eigenvalue weighted by Crippen LogP contribution is 2.49. The molecule has 2 aromatic rings. The number of nitrogens with zero attached hydrogens (tertiary/aromatic N) is 1. The Bertz CT molecular complexity index is 1140. The van der Waals surface area contributed by atoms with Crippen molar-refractivity contribution in [2.75, 3.05) is 21.3 Å². The zero-order chi connectivity index (χ0) is 23.0. The number of carbonyl (C=O) groups is 2. The number of hydrogen-bond donors (Lipinski definition) is 1. The lowest BCUT2D eigenvalue weighted by Gasteiger charge is -2.43. The minimum Gasteiger partial charge on any atom is -0.496 e. The van der Waals surface area contributed by atoms with E-state index in [1.807, 2.05) is 25.3 Å². The fourth-order valence-corrected chi connectivity index (χ4v) is 5.46. The Morgan fingerprint density at radius 2 is 1.88 bits per heavy atom. The van der Waals surface area contributed by atoms with E-state index in [0.29, 0.717) is 24.5 Å². The SMILES string of the molecule is CCC(N(C)Cc1c(C)ccc2ccccc12)C12C=CC(OC)=C(OC)C1C(=O)NC2=O. The summed E-state index contributed by atoms with van der Waals surface area (Å²) < 4.78 is 11.0. The average molecular weight is 435 g/mol. The molecule has 0 spiro atoms. The molecule has 4 rings (SSSR count). The molecule has 32 heavy (non-hydrogen) atoms. The maximum atomic E-state index is 13.3. The van der Waals surface area contributed by atoms with Crippen LogP contribution in [0.25, 0.3) is 10.8 Å². The van der Waals surface area contributed by atoms with E-state index in [0.717, 1.165) is 0 Å². The Labute approximate surface area is 188 Å². The van der Waals surface area contributed by atoms with E-state index in [1.54, 1.807) is 6.08 Å². The molecule has 6 nitrogen and oxygen atoms in total. The number of amides is 2. The highest BCUT2D eigenvalue weighted by molar-refractivity contribution is 6.10. The summed E-state index contributed by atoms with van der Waals surface area (Å²) in [5.41, 5.74) is 1.36. The fourth-order valence-electron chi connectivity index (χ4n) is 5.46. The summed E-state index contributed by atoms with van der Waals surface area (Å²) in [5, 5.41) is 4.95. The summed E-state index contributed by atoms with van der Waals surface area (Å²) in [6, 6.07) is 12.4. The number of allylic oxidation sites excluding steroid dienone is 1. The summed E-state index contributed by atoms with van der Waals surface area (Å²) in [6.45, 7) is 4.81. The highest BCUT2D eigenvalue weighted by Gasteiger charge is 2.62. The van der Waals surface area contributed by atoms with Crippen molar-refractivity contribution in [3.63, 3.8) is 0 Å². The second-order valence-electron chi connectivity index (χ2n) is 8.58. The van der Waals surface area contributed by atoms with Crippen LogP contribution >= 0.6 is 0 Å². The van der Waals surface area contributed by atoms with Gasteiger partial charge in [-0.2, -0.15) is 0 Å². The molecule has 1 heterocycles. The van der Waals surface area contributed by atoms with Crippen molar-refractivity contribution in [1.82, 2.24) is 10.2 Å². The largest absolute Gasteiger partial charge is 0.496 e. The first-order chi connectivity index (χ1) is 15.4. The van der Waals surface area contributed by atoms with Crippen LogP contribution in [0.4, 0.5) is 0 Å². The van der Waals surface area contributed by atoms with Crippen molar-refractivity contribution in [3.05, 3.63) is 71.2 Å². The first-order valence-electron chi connectivity index (χ1n) is 10.9. The summed E-state index contributed by atoms with van der Waals surface area (Å²) >= 11 is 0. The number of rotatable bonds is 7.